The molecule has 1 rings (SSSR count). The number of nitrogens with zero attached hydrogens (tertiary/aromatic N) is 1. The van der Waals surface area contributed by atoms with Crippen molar-refractivity contribution in [1.29, 1.82) is 5.41 Å². The predicted octanol–water partition coefficient (Wildman–Crippen LogP) is -0.0729. The molecule has 0 fully saturated rings. The molecule has 0 aliphatic rings. The van der Waals surface area contributed by atoms with Crippen LogP contribution < -0.4 is 5.56 Å². The standard InChI is InChI=1S/C3H2ClN3O2/c4-2(5)1-3(8)7-9-6-1/h5H,(H,7,8). The number of hydrogen-bond donors (Lipinski definition) is 2. The summed E-state index contributed by atoms with van der Waals surface area (Å²) in [5.41, 5.74) is -0.785. The molecule has 1 aromatic rings. The minimum Gasteiger partial charge on any atom is -0.287 e. The zero-order valence-corrected chi connectivity index (χ0v) is 4.90. The van der Waals surface area contributed by atoms with Crippen molar-refractivity contribution in [3.05, 3.63) is 16.0 Å². The Morgan fingerprint density at radius 1 is 1.89 bits per heavy atom. The van der Waals surface area contributed by atoms with Gasteiger partial charge in [0.15, 0.2) is 5.17 Å². The van der Waals surface area contributed by atoms with E-state index in [-0.39, 0.29) is 5.69 Å². The predicted molar refractivity (Wildman–Crippen MR) is 29.8 cm³/mol. The van der Waals surface area contributed by atoms with E-state index in [1.54, 1.807) is 0 Å². The number of nitrogens with one attached hydrogen (secondary N) is 2. The Kier molecular flexibility index (Phi) is 1.35. The van der Waals surface area contributed by atoms with Gasteiger partial charge in [-0.1, -0.05) is 11.6 Å². The van der Waals surface area contributed by atoms with Gasteiger partial charge in [-0.05, 0) is 5.16 Å². The summed E-state index contributed by atoms with van der Waals surface area (Å²) in [6, 6.07) is 0. The third-order valence-corrected chi connectivity index (χ3v) is 0.877. The molecule has 9 heavy (non-hydrogen) atoms. The molecule has 2 N–H and O–H groups in total. The monoisotopic (exact) mass is 147 g/mol. The smallest absolute Gasteiger partial charge is 0.287 e. The van der Waals surface area contributed by atoms with Gasteiger partial charge in [0, 0.05) is 0 Å². The number of aromatic amines is 1. The van der Waals surface area contributed by atoms with Crippen LogP contribution in [0, 0.1) is 5.41 Å². The van der Waals surface area contributed by atoms with Crippen LogP contribution in [0.4, 0.5) is 0 Å². The maximum absolute atomic E-state index is 10.4. The Bertz CT molecular complexity index is 275. The first kappa shape index (κ1) is 6.03. The number of rotatable bonds is 1. The third kappa shape index (κ3) is 0.996. The van der Waals surface area contributed by atoms with Crippen molar-refractivity contribution in [2.24, 2.45) is 0 Å². The third-order valence-electron chi connectivity index (χ3n) is 0.698. The molecule has 0 spiro atoms. The zero-order chi connectivity index (χ0) is 6.85. The molecule has 1 heterocycles. The molecule has 48 valence electrons. The van der Waals surface area contributed by atoms with E-state index in [0.29, 0.717) is 0 Å². The highest BCUT2D eigenvalue weighted by molar-refractivity contribution is 6.68. The second-order valence-electron chi connectivity index (χ2n) is 1.28. The average Bonchev–Trinajstić information content (AvgIpc) is 2.13. The summed E-state index contributed by atoms with van der Waals surface area (Å²) in [6.45, 7) is 0. The van der Waals surface area contributed by atoms with Crippen LogP contribution in [0.15, 0.2) is 9.42 Å². The molecule has 0 saturated heterocycles. The second kappa shape index (κ2) is 2.02. The van der Waals surface area contributed by atoms with Gasteiger partial charge in [-0.15, -0.1) is 0 Å². The number of H-pyrrole nitrogens is 1. The Morgan fingerprint density at radius 3 is 2.78 bits per heavy atom. The first-order valence-corrected chi connectivity index (χ1v) is 2.38. The van der Waals surface area contributed by atoms with E-state index < -0.39 is 10.7 Å². The maximum atomic E-state index is 10.4. The number of aromatic nitrogens is 2. The fourth-order valence-corrected chi connectivity index (χ4v) is 0.460. The maximum Gasteiger partial charge on any atom is 0.311 e. The van der Waals surface area contributed by atoms with Crippen molar-refractivity contribution in [3.63, 3.8) is 0 Å². The van der Waals surface area contributed by atoms with Crippen LogP contribution in [0.5, 0.6) is 0 Å². The number of hydrogen-bond acceptors (Lipinski definition) is 4. The van der Waals surface area contributed by atoms with Gasteiger partial charge in [-0.3, -0.25) is 14.8 Å². The Hall–Kier alpha value is -1.10. The lowest BCUT2D eigenvalue weighted by Crippen LogP contribution is -2.08. The van der Waals surface area contributed by atoms with Crippen LogP contribution in [-0.2, 0) is 0 Å². The van der Waals surface area contributed by atoms with E-state index in [1.807, 2.05) is 5.16 Å². The van der Waals surface area contributed by atoms with Crippen molar-refractivity contribution in [1.82, 2.24) is 10.3 Å². The van der Waals surface area contributed by atoms with E-state index in [9.17, 15) is 4.79 Å². The van der Waals surface area contributed by atoms with Crippen molar-refractivity contribution < 1.29 is 4.63 Å². The van der Waals surface area contributed by atoms with Gasteiger partial charge in [-0.25, -0.2) is 0 Å². The van der Waals surface area contributed by atoms with Crippen LogP contribution in [0.3, 0.4) is 0 Å². The summed E-state index contributed by atoms with van der Waals surface area (Å²) in [6.07, 6.45) is 0. The van der Waals surface area contributed by atoms with E-state index in [0.717, 1.165) is 0 Å². The van der Waals surface area contributed by atoms with Gasteiger partial charge >= 0.3 is 5.56 Å². The van der Waals surface area contributed by atoms with Gasteiger partial charge in [0.1, 0.15) is 0 Å². The second-order valence-corrected chi connectivity index (χ2v) is 1.65. The lowest BCUT2D eigenvalue weighted by molar-refractivity contribution is 0.303. The molecular weight excluding hydrogens is 146 g/mol. The first-order valence-electron chi connectivity index (χ1n) is 2.00. The summed E-state index contributed by atoms with van der Waals surface area (Å²) < 4.78 is 4.09. The van der Waals surface area contributed by atoms with E-state index in [2.05, 4.69) is 9.79 Å². The van der Waals surface area contributed by atoms with E-state index >= 15 is 0 Å². The largest absolute Gasteiger partial charge is 0.311 e. The summed E-state index contributed by atoms with van der Waals surface area (Å²) in [7, 11) is 0. The molecule has 0 aliphatic heterocycles. The highest BCUT2D eigenvalue weighted by Gasteiger charge is 2.06. The minimum absolute atomic E-state index is 0.198. The fourth-order valence-electron chi connectivity index (χ4n) is 0.339. The molecule has 0 aromatic carbocycles. The quantitative estimate of drug-likeness (QED) is 0.546. The van der Waals surface area contributed by atoms with Crippen molar-refractivity contribution in [2.45, 2.75) is 0 Å². The summed E-state index contributed by atoms with van der Waals surface area (Å²) in [5.74, 6) is 0. The minimum atomic E-state index is -0.588. The summed E-state index contributed by atoms with van der Waals surface area (Å²) in [5, 5.41) is 11.3. The Morgan fingerprint density at radius 2 is 2.56 bits per heavy atom. The van der Waals surface area contributed by atoms with Crippen LogP contribution in [0.25, 0.3) is 0 Å². The number of halogens is 1. The highest BCUT2D eigenvalue weighted by Crippen LogP contribution is 1.88. The van der Waals surface area contributed by atoms with Gasteiger partial charge < -0.3 is 0 Å². The molecule has 0 unspecified atom stereocenters. The molecule has 0 atom stereocenters. The van der Waals surface area contributed by atoms with Gasteiger partial charge in [-0.2, -0.15) is 5.16 Å². The van der Waals surface area contributed by atoms with Gasteiger partial charge in [0.25, 0.3) is 0 Å². The van der Waals surface area contributed by atoms with Crippen LogP contribution in [0.1, 0.15) is 5.69 Å². The van der Waals surface area contributed by atoms with Gasteiger partial charge in [0.05, 0.1) is 0 Å². The molecule has 0 saturated carbocycles. The molecule has 6 heteroatoms. The van der Waals surface area contributed by atoms with E-state index in [1.165, 1.54) is 0 Å². The lowest BCUT2D eigenvalue weighted by Gasteiger charge is -1.75. The van der Waals surface area contributed by atoms with Gasteiger partial charge in [0.2, 0.25) is 5.69 Å². The van der Waals surface area contributed by atoms with Crippen LogP contribution in [-0.4, -0.2) is 15.5 Å². The molecule has 0 radical (unpaired) electrons. The topological polar surface area (TPSA) is 82.7 Å². The lowest BCUT2D eigenvalue weighted by atomic mass is 10.5. The van der Waals surface area contributed by atoms with Crippen molar-refractivity contribution >= 4 is 16.8 Å². The summed E-state index contributed by atoms with van der Waals surface area (Å²) in [4.78, 5) is 10.4. The first-order chi connectivity index (χ1) is 4.22. The summed E-state index contributed by atoms with van der Waals surface area (Å²) >= 11 is 5.09. The molecular formula is C3H2ClN3O2. The Balaban J connectivity index is 3.24. The fraction of sp³-hybridized carbons (Fsp3) is 0. The molecule has 0 amide bonds. The van der Waals surface area contributed by atoms with E-state index in [4.69, 9.17) is 17.0 Å². The molecule has 1 aromatic heterocycles. The van der Waals surface area contributed by atoms with Crippen LogP contribution >= 0.6 is 11.6 Å². The van der Waals surface area contributed by atoms with Crippen molar-refractivity contribution in [2.75, 3.05) is 0 Å². The normalized spacial score (nSPS) is 9.44. The van der Waals surface area contributed by atoms with Crippen molar-refractivity contribution in [3.8, 4) is 0 Å². The SMILES string of the molecule is N=C(Cl)c1no[nH]c1=O. The molecule has 5 nitrogen and oxygen atoms in total. The zero-order valence-electron chi connectivity index (χ0n) is 4.14. The average molecular weight is 148 g/mol. The van der Waals surface area contributed by atoms with Crippen LogP contribution in [0.2, 0.25) is 0 Å². The molecule has 0 aliphatic carbocycles. The molecule has 0 bridgehead atoms. The highest BCUT2D eigenvalue weighted by atomic mass is 35.5. The Labute approximate surface area is 54.1 Å².